The minimum absolute atomic E-state index is 0.0442. The molecule has 1 fully saturated rings. The number of aliphatic hydroxyl groups excluding tert-OH is 1. The van der Waals surface area contributed by atoms with Crippen molar-refractivity contribution >= 4 is 5.91 Å². The number of aromatic nitrogens is 2. The molecule has 4 rings (SSSR count). The third-order valence-electron chi connectivity index (χ3n) is 5.19. The van der Waals surface area contributed by atoms with E-state index in [1.54, 1.807) is 12.3 Å². The fourth-order valence-electron chi connectivity index (χ4n) is 3.70. The first-order chi connectivity index (χ1) is 12.6. The maximum atomic E-state index is 12.9. The van der Waals surface area contributed by atoms with Gasteiger partial charge in [0.15, 0.2) is 11.5 Å². The smallest absolute Gasteiger partial charge is 0.257 e. The van der Waals surface area contributed by atoms with E-state index >= 15 is 0 Å². The molecule has 0 unspecified atom stereocenters. The fourth-order valence-corrected chi connectivity index (χ4v) is 3.70. The van der Waals surface area contributed by atoms with Crippen LogP contribution in [0, 0.1) is 5.92 Å². The predicted molar refractivity (Wildman–Crippen MR) is 94.2 cm³/mol. The van der Waals surface area contributed by atoms with Crippen LogP contribution in [0.15, 0.2) is 30.6 Å². The number of rotatable bonds is 3. The average Bonchev–Trinajstić information content (AvgIpc) is 3.12. The highest BCUT2D eigenvalue weighted by Crippen LogP contribution is 2.36. The van der Waals surface area contributed by atoms with E-state index in [9.17, 15) is 9.90 Å². The number of nitrogens with zero attached hydrogens (tertiary/aromatic N) is 3. The highest BCUT2D eigenvalue weighted by Gasteiger charge is 2.32. The van der Waals surface area contributed by atoms with E-state index in [0.717, 1.165) is 12.8 Å². The first-order valence-corrected chi connectivity index (χ1v) is 8.98. The van der Waals surface area contributed by atoms with Crippen LogP contribution < -0.4 is 9.47 Å². The predicted octanol–water partition coefficient (Wildman–Crippen LogP) is 1.78. The molecule has 2 aliphatic rings. The summed E-state index contributed by atoms with van der Waals surface area (Å²) in [5.74, 6) is 1.90. The second-order valence-corrected chi connectivity index (χ2v) is 6.80. The van der Waals surface area contributed by atoms with Gasteiger partial charge >= 0.3 is 0 Å². The molecule has 2 aliphatic heterocycles. The molecule has 7 heteroatoms. The van der Waals surface area contributed by atoms with Gasteiger partial charge in [-0.3, -0.25) is 4.79 Å². The molecule has 1 aromatic heterocycles. The summed E-state index contributed by atoms with van der Waals surface area (Å²) in [5.41, 5.74) is 0.547. The lowest BCUT2D eigenvalue weighted by atomic mass is 9.90. The first-order valence-electron chi connectivity index (χ1n) is 8.98. The summed E-state index contributed by atoms with van der Waals surface area (Å²) in [6, 6.07) is 5.42. The highest BCUT2D eigenvalue weighted by molar-refractivity contribution is 5.98. The Hall–Kier alpha value is -2.54. The number of hydrogen-bond acceptors (Lipinski definition) is 5. The zero-order valence-corrected chi connectivity index (χ0v) is 14.8. The number of piperidine rings is 1. The molecule has 3 heterocycles. The van der Waals surface area contributed by atoms with Crippen molar-refractivity contribution in [3.63, 3.8) is 0 Å². The van der Waals surface area contributed by atoms with E-state index in [1.165, 1.54) is 0 Å². The lowest BCUT2D eigenvalue weighted by Gasteiger charge is -2.34. The van der Waals surface area contributed by atoms with Gasteiger partial charge in [0.25, 0.3) is 5.91 Å². The Kier molecular flexibility index (Phi) is 4.55. The summed E-state index contributed by atoms with van der Waals surface area (Å²) in [7, 11) is 1.88. The van der Waals surface area contributed by atoms with Gasteiger partial charge in [-0.2, -0.15) is 0 Å². The molecule has 0 aliphatic carbocycles. The maximum absolute atomic E-state index is 12.9. The number of fused-ring (bicyclic) bond motifs is 1. The zero-order valence-electron chi connectivity index (χ0n) is 14.8. The number of hydrogen-bond donors (Lipinski definition) is 1. The van der Waals surface area contributed by atoms with Crippen molar-refractivity contribution in [2.75, 3.05) is 26.3 Å². The van der Waals surface area contributed by atoms with E-state index < -0.39 is 6.10 Å². The highest BCUT2D eigenvalue weighted by atomic mass is 16.6. The molecule has 7 nitrogen and oxygen atoms in total. The average molecular weight is 357 g/mol. The van der Waals surface area contributed by atoms with Crippen molar-refractivity contribution in [1.29, 1.82) is 0 Å². The molecule has 0 spiro atoms. The molecule has 1 N–H and O–H groups in total. The van der Waals surface area contributed by atoms with Crippen molar-refractivity contribution in [1.82, 2.24) is 14.5 Å². The monoisotopic (exact) mass is 357 g/mol. The SMILES string of the molecule is Cn1ccnc1[C@@H](O)C1CCN(C(=O)c2cccc3c2OCCO3)CC1. The molecule has 2 aromatic rings. The van der Waals surface area contributed by atoms with Crippen LogP contribution in [0.25, 0.3) is 0 Å². The van der Waals surface area contributed by atoms with E-state index in [0.29, 0.717) is 49.2 Å². The van der Waals surface area contributed by atoms with Gasteiger partial charge < -0.3 is 24.0 Å². The second-order valence-electron chi connectivity index (χ2n) is 6.80. The minimum Gasteiger partial charge on any atom is -0.486 e. The maximum Gasteiger partial charge on any atom is 0.257 e. The Labute approximate surface area is 152 Å². The van der Waals surface area contributed by atoms with Crippen LogP contribution in [-0.2, 0) is 7.05 Å². The van der Waals surface area contributed by atoms with E-state index in [2.05, 4.69) is 4.98 Å². The molecule has 1 saturated heterocycles. The summed E-state index contributed by atoms with van der Waals surface area (Å²) in [4.78, 5) is 19.0. The van der Waals surface area contributed by atoms with Crippen molar-refractivity contribution < 1.29 is 19.4 Å². The molecule has 0 radical (unpaired) electrons. The van der Waals surface area contributed by atoms with Crippen LogP contribution >= 0.6 is 0 Å². The van der Waals surface area contributed by atoms with Crippen LogP contribution in [0.2, 0.25) is 0 Å². The molecule has 0 saturated carbocycles. The Morgan fingerprint density at radius 3 is 2.77 bits per heavy atom. The molecule has 26 heavy (non-hydrogen) atoms. The third-order valence-corrected chi connectivity index (χ3v) is 5.19. The standard InChI is InChI=1S/C19H23N3O4/c1-21-10-7-20-18(21)16(23)13-5-8-22(9-6-13)19(24)14-3-2-4-15-17(14)26-12-11-25-15/h2-4,7,10,13,16,23H,5-6,8-9,11-12H2,1H3/t16-/m0/s1. The number of aryl methyl sites for hydroxylation is 1. The van der Waals surface area contributed by atoms with Gasteiger partial charge in [0.1, 0.15) is 25.1 Å². The Morgan fingerprint density at radius 2 is 2.04 bits per heavy atom. The summed E-state index contributed by atoms with van der Waals surface area (Å²) in [6.07, 6.45) is 4.40. The number of amides is 1. The van der Waals surface area contributed by atoms with Crippen LogP contribution in [0.5, 0.6) is 11.5 Å². The number of ether oxygens (including phenoxy) is 2. The van der Waals surface area contributed by atoms with Crippen LogP contribution in [0.1, 0.15) is 35.1 Å². The van der Waals surface area contributed by atoms with Gasteiger partial charge in [-0.15, -0.1) is 0 Å². The van der Waals surface area contributed by atoms with Gasteiger partial charge in [0.2, 0.25) is 0 Å². The zero-order chi connectivity index (χ0) is 18.1. The van der Waals surface area contributed by atoms with Gasteiger partial charge in [-0.1, -0.05) is 6.07 Å². The lowest BCUT2D eigenvalue weighted by Crippen LogP contribution is -2.40. The van der Waals surface area contributed by atoms with Gasteiger partial charge in [0.05, 0.1) is 5.56 Å². The van der Waals surface area contributed by atoms with E-state index in [1.807, 2.05) is 34.8 Å². The van der Waals surface area contributed by atoms with Gasteiger partial charge in [-0.25, -0.2) is 4.98 Å². The molecule has 0 bridgehead atoms. The Bertz CT molecular complexity index is 796. The number of benzene rings is 1. The number of likely N-dealkylation sites (tertiary alicyclic amines) is 1. The molecule has 1 amide bonds. The van der Waals surface area contributed by atoms with Gasteiger partial charge in [-0.05, 0) is 30.9 Å². The first kappa shape index (κ1) is 16.9. The van der Waals surface area contributed by atoms with E-state index in [-0.39, 0.29) is 11.8 Å². The number of carbonyl (C=O) groups excluding carboxylic acids is 1. The topological polar surface area (TPSA) is 76.8 Å². The van der Waals surface area contributed by atoms with Crippen LogP contribution in [0.3, 0.4) is 0 Å². The fraction of sp³-hybridized carbons (Fsp3) is 0.474. The Balaban J connectivity index is 1.44. The molecule has 1 aromatic carbocycles. The normalized spacial score (nSPS) is 18.6. The molecule has 1 atom stereocenters. The van der Waals surface area contributed by atoms with Crippen molar-refractivity contribution in [3.8, 4) is 11.5 Å². The van der Waals surface area contributed by atoms with Crippen molar-refractivity contribution in [2.24, 2.45) is 13.0 Å². The summed E-state index contributed by atoms with van der Waals surface area (Å²) >= 11 is 0. The van der Waals surface area contributed by atoms with Crippen molar-refractivity contribution in [3.05, 3.63) is 42.0 Å². The quantitative estimate of drug-likeness (QED) is 0.906. The molecular formula is C19H23N3O4. The summed E-state index contributed by atoms with van der Waals surface area (Å²) in [6.45, 7) is 2.17. The van der Waals surface area contributed by atoms with Gasteiger partial charge in [0, 0.05) is 32.5 Å². The Morgan fingerprint density at radius 1 is 1.27 bits per heavy atom. The minimum atomic E-state index is -0.603. The lowest BCUT2D eigenvalue weighted by molar-refractivity contribution is 0.0416. The number of aliphatic hydroxyl groups is 1. The van der Waals surface area contributed by atoms with Crippen molar-refractivity contribution in [2.45, 2.75) is 18.9 Å². The summed E-state index contributed by atoms with van der Waals surface area (Å²) < 4.78 is 13.1. The number of para-hydroxylation sites is 1. The second kappa shape index (κ2) is 6.99. The molecule has 138 valence electrons. The largest absolute Gasteiger partial charge is 0.486 e. The van der Waals surface area contributed by atoms with Crippen LogP contribution in [0.4, 0.5) is 0 Å². The number of carbonyl (C=O) groups is 1. The van der Waals surface area contributed by atoms with E-state index in [4.69, 9.17) is 9.47 Å². The third kappa shape index (κ3) is 3.03. The van der Waals surface area contributed by atoms with Crippen LogP contribution in [-0.4, -0.2) is 51.8 Å². The summed E-state index contributed by atoms with van der Waals surface area (Å²) in [5, 5.41) is 10.6. The number of imidazole rings is 1. The molecular weight excluding hydrogens is 334 g/mol.